The van der Waals surface area contributed by atoms with Crippen LogP contribution >= 0.6 is 11.8 Å². The standard InChI is InChI=1S/C13H14N2O2S/c1-18-12-6-2-5-11(8-12)14-15-7-3-4-10(9-15)13(16)17/h2-6,8-9,14H,7H2,1H3,(H,16,17). The third-order valence-corrected chi connectivity index (χ3v) is 3.21. The molecule has 94 valence electrons. The fourth-order valence-corrected chi connectivity index (χ4v) is 2.08. The highest BCUT2D eigenvalue weighted by Gasteiger charge is 2.10. The quantitative estimate of drug-likeness (QED) is 0.817. The van der Waals surface area contributed by atoms with Crippen LogP contribution in [0.15, 0.2) is 53.1 Å². The summed E-state index contributed by atoms with van der Waals surface area (Å²) < 4.78 is 0. The van der Waals surface area contributed by atoms with E-state index in [4.69, 9.17) is 5.11 Å². The summed E-state index contributed by atoms with van der Waals surface area (Å²) in [5.74, 6) is -0.921. The molecule has 0 spiro atoms. The Morgan fingerprint density at radius 1 is 1.50 bits per heavy atom. The Morgan fingerprint density at radius 2 is 2.33 bits per heavy atom. The first-order valence-corrected chi connectivity index (χ1v) is 6.70. The van der Waals surface area contributed by atoms with E-state index in [9.17, 15) is 4.79 Å². The number of thioether (sulfide) groups is 1. The van der Waals surface area contributed by atoms with Crippen molar-refractivity contribution < 1.29 is 9.90 Å². The number of hydrogen-bond donors (Lipinski definition) is 2. The number of carboxylic acids is 1. The minimum Gasteiger partial charge on any atom is -0.478 e. The average molecular weight is 262 g/mol. The van der Waals surface area contributed by atoms with Crippen LogP contribution in [0.2, 0.25) is 0 Å². The van der Waals surface area contributed by atoms with Gasteiger partial charge in [0.25, 0.3) is 0 Å². The first-order valence-electron chi connectivity index (χ1n) is 5.48. The van der Waals surface area contributed by atoms with Crippen LogP contribution in [0, 0.1) is 0 Å². The van der Waals surface area contributed by atoms with Gasteiger partial charge in [-0.15, -0.1) is 11.8 Å². The molecule has 0 bridgehead atoms. The van der Waals surface area contributed by atoms with Gasteiger partial charge in [0.1, 0.15) is 0 Å². The van der Waals surface area contributed by atoms with Gasteiger partial charge >= 0.3 is 5.97 Å². The van der Waals surface area contributed by atoms with Gasteiger partial charge in [-0.1, -0.05) is 12.1 Å². The molecule has 18 heavy (non-hydrogen) atoms. The van der Waals surface area contributed by atoms with Gasteiger partial charge in [0.05, 0.1) is 17.8 Å². The summed E-state index contributed by atoms with van der Waals surface area (Å²) in [6.45, 7) is 0.639. The van der Waals surface area contributed by atoms with Crippen molar-refractivity contribution in [3.63, 3.8) is 0 Å². The molecule has 0 saturated carbocycles. The average Bonchev–Trinajstić information content (AvgIpc) is 2.39. The molecule has 0 fully saturated rings. The van der Waals surface area contributed by atoms with Crippen LogP contribution in [0.1, 0.15) is 0 Å². The fourth-order valence-electron chi connectivity index (χ4n) is 1.62. The van der Waals surface area contributed by atoms with Gasteiger partial charge in [0.15, 0.2) is 0 Å². The number of nitrogens with zero attached hydrogens (tertiary/aromatic N) is 1. The smallest absolute Gasteiger partial charge is 0.337 e. The Morgan fingerprint density at radius 3 is 3.06 bits per heavy atom. The molecular formula is C13H14N2O2S. The summed E-state index contributed by atoms with van der Waals surface area (Å²) in [4.78, 5) is 12.0. The Bertz CT molecular complexity index is 511. The molecule has 2 N–H and O–H groups in total. The highest BCUT2D eigenvalue weighted by molar-refractivity contribution is 7.98. The first kappa shape index (κ1) is 12.6. The number of carbonyl (C=O) groups is 1. The summed E-state index contributed by atoms with van der Waals surface area (Å²) in [5, 5.41) is 10.7. The third kappa shape index (κ3) is 3.07. The van der Waals surface area contributed by atoms with Gasteiger partial charge in [0.2, 0.25) is 0 Å². The maximum atomic E-state index is 10.9. The Kier molecular flexibility index (Phi) is 3.94. The lowest BCUT2D eigenvalue weighted by atomic mass is 10.2. The lowest BCUT2D eigenvalue weighted by Gasteiger charge is -2.24. The zero-order valence-electron chi connectivity index (χ0n) is 9.96. The largest absolute Gasteiger partial charge is 0.478 e. The van der Waals surface area contributed by atoms with Gasteiger partial charge in [-0.3, -0.25) is 10.4 Å². The summed E-state index contributed by atoms with van der Waals surface area (Å²) in [6.07, 6.45) is 7.03. The van der Waals surface area contributed by atoms with E-state index in [0.717, 1.165) is 10.6 Å². The number of hydrogen-bond acceptors (Lipinski definition) is 4. The molecule has 0 aliphatic carbocycles. The topological polar surface area (TPSA) is 52.6 Å². The molecule has 1 aliphatic heterocycles. The van der Waals surface area contributed by atoms with Gasteiger partial charge in [-0.25, -0.2) is 4.79 Å². The van der Waals surface area contributed by atoms with Crippen molar-refractivity contribution in [3.8, 4) is 0 Å². The summed E-state index contributed by atoms with van der Waals surface area (Å²) >= 11 is 1.67. The second kappa shape index (κ2) is 5.64. The van der Waals surface area contributed by atoms with E-state index < -0.39 is 5.97 Å². The SMILES string of the molecule is CSc1cccc(NN2C=C(C(=O)O)C=CC2)c1. The molecule has 4 nitrogen and oxygen atoms in total. The van der Waals surface area contributed by atoms with Gasteiger partial charge < -0.3 is 5.11 Å². The van der Waals surface area contributed by atoms with E-state index in [-0.39, 0.29) is 5.57 Å². The van der Waals surface area contributed by atoms with Crippen LogP contribution in [0.3, 0.4) is 0 Å². The number of aliphatic carboxylic acids is 1. The second-order valence-electron chi connectivity index (χ2n) is 3.79. The Balaban J connectivity index is 2.10. The molecule has 0 aromatic heterocycles. The molecule has 5 heteroatoms. The minimum absolute atomic E-state index is 0.273. The zero-order chi connectivity index (χ0) is 13.0. The van der Waals surface area contributed by atoms with Gasteiger partial charge in [0, 0.05) is 11.1 Å². The van der Waals surface area contributed by atoms with E-state index >= 15 is 0 Å². The van der Waals surface area contributed by atoms with Crippen LogP contribution in [0.5, 0.6) is 0 Å². The van der Waals surface area contributed by atoms with Crippen molar-refractivity contribution in [3.05, 3.63) is 48.2 Å². The Hall–Kier alpha value is -1.88. The summed E-state index contributed by atoms with van der Waals surface area (Å²) in [5.41, 5.74) is 4.39. The van der Waals surface area contributed by atoms with Crippen LogP contribution in [0.25, 0.3) is 0 Å². The maximum Gasteiger partial charge on any atom is 0.337 e. The van der Waals surface area contributed by atoms with Crippen molar-refractivity contribution in [2.24, 2.45) is 0 Å². The first-order chi connectivity index (χ1) is 8.69. The molecule has 1 aromatic rings. The number of benzene rings is 1. The molecule has 2 rings (SSSR count). The second-order valence-corrected chi connectivity index (χ2v) is 4.67. The minimum atomic E-state index is -0.921. The molecule has 0 unspecified atom stereocenters. The summed E-state index contributed by atoms with van der Waals surface area (Å²) in [6, 6.07) is 7.98. The molecule has 1 aliphatic rings. The van der Waals surface area contributed by atoms with E-state index in [1.165, 1.54) is 0 Å². The number of rotatable bonds is 4. The van der Waals surface area contributed by atoms with Crippen LogP contribution < -0.4 is 5.43 Å². The number of carboxylic acid groups (broad SMARTS) is 1. The highest BCUT2D eigenvalue weighted by Crippen LogP contribution is 2.20. The Labute approximate surface area is 110 Å². The van der Waals surface area contributed by atoms with Crippen molar-refractivity contribution >= 4 is 23.4 Å². The van der Waals surface area contributed by atoms with Gasteiger partial charge in [-0.2, -0.15) is 0 Å². The highest BCUT2D eigenvalue weighted by atomic mass is 32.2. The summed E-state index contributed by atoms with van der Waals surface area (Å²) in [7, 11) is 0. The van der Waals surface area contributed by atoms with Gasteiger partial charge in [-0.05, 0) is 30.5 Å². The van der Waals surface area contributed by atoms with Crippen LogP contribution in [-0.4, -0.2) is 28.9 Å². The number of nitrogens with one attached hydrogen (secondary N) is 1. The fraction of sp³-hybridized carbons (Fsp3) is 0.154. The zero-order valence-corrected chi connectivity index (χ0v) is 10.8. The maximum absolute atomic E-state index is 10.9. The van der Waals surface area contributed by atoms with E-state index in [1.807, 2.05) is 36.6 Å². The van der Waals surface area contributed by atoms with E-state index in [2.05, 4.69) is 5.43 Å². The van der Waals surface area contributed by atoms with Crippen LogP contribution in [-0.2, 0) is 4.79 Å². The van der Waals surface area contributed by atoms with Crippen molar-refractivity contribution in [2.45, 2.75) is 4.90 Å². The lowest BCUT2D eigenvalue weighted by Crippen LogP contribution is -2.27. The molecule has 0 amide bonds. The normalized spacial score (nSPS) is 14.3. The van der Waals surface area contributed by atoms with Crippen LogP contribution in [0.4, 0.5) is 5.69 Å². The lowest BCUT2D eigenvalue weighted by molar-refractivity contribution is -0.132. The predicted octanol–water partition coefficient (Wildman–Crippen LogP) is 2.58. The van der Waals surface area contributed by atoms with E-state index in [1.54, 1.807) is 29.0 Å². The molecular weight excluding hydrogens is 248 g/mol. The predicted molar refractivity (Wildman–Crippen MR) is 73.4 cm³/mol. The molecule has 0 radical (unpaired) electrons. The molecule has 1 heterocycles. The van der Waals surface area contributed by atoms with Crippen molar-refractivity contribution in [2.75, 3.05) is 18.2 Å². The molecule has 0 saturated heterocycles. The number of hydrazine groups is 1. The monoisotopic (exact) mass is 262 g/mol. The molecule has 1 aromatic carbocycles. The number of anilines is 1. The third-order valence-electron chi connectivity index (χ3n) is 2.48. The van der Waals surface area contributed by atoms with Crippen molar-refractivity contribution in [1.29, 1.82) is 0 Å². The molecule has 0 atom stereocenters. The van der Waals surface area contributed by atoms with Crippen molar-refractivity contribution in [1.82, 2.24) is 5.01 Å². The van der Waals surface area contributed by atoms with E-state index in [0.29, 0.717) is 6.54 Å².